The minimum atomic E-state index is -0.664. The summed E-state index contributed by atoms with van der Waals surface area (Å²) in [5.41, 5.74) is -0.691. The number of phenolic OH excluding ortho intramolecular Hbond substituents is 1. The summed E-state index contributed by atoms with van der Waals surface area (Å²) in [4.78, 5) is 22.4. The Bertz CT molecular complexity index is 747. The van der Waals surface area contributed by atoms with Crippen molar-refractivity contribution < 1.29 is 24.3 Å². The van der Waals surface area contributed by atoms with Gasteiger partial charge in [0.2, 0.25) is 0 Å². The van der Waals surface area contributed by atoms with Crippen LogP contribution in [0, 0.1) is 21.4 Å². The van der Waals surface area contributed by atoms with E-state index in [4.69, 9.17) is 9.47 Å². The van der Waals surface area contributed by atoms with Crippen molar-refractivity contribution in [2.45, 2.75) is 18.9 Å². The topological polar surface area (TPSA) is 135 Å². The van der Waals surface area contributed by atoms with Crippen molar-refractivity contribution in [2.24, 2.45) is 0 Å². The predicted octanol–water partition coefficient (Wildman–Crippen LogP) is 1.51. The Morgan fingerprint density at radius 3 is 2.96 bits per heavy atom. The van der Waals surface area contributed by atoms with Crippen LogP contribution in [0.15, 0.2) is 17.7 Å². The smallest absolute Gasteiger partial charge is 0.274 e. The van der Waals surface area contributed by atoms with Crippen molar-refractivity contribution in [1.82, 2.24) is 5.32 Å². The molecule has 1 aromatic carbocycles. The summed E-state index contributed by atoms with van der Waals surface area (Å²) in [5.74, 6) is -1.17. The lowest BCUT2D eigenvalue weighted by atomic mass is 10.1. The second kappa shape index (κ2) is 8.12. The van der Waals surface area contributed by atoms with Crippen LogP contribution >= 0.6 is 0 Å². The maximum Gasteiger partial charge on any atom is 0.274 e. The number of benzene rings is 1. The third kappa shape index (κ3) is 4.45. The van der Waals surface area contributed by atoms with Gasteiger partial charge >= 0.3 is 0 Å². The molecular weight excluding hydrogens is 330 g/mol. The van der Waals surface area contributed by atoms with Crippen molar-refractivity contribution >= 4 is 17.7 Å². The fourth-order valence-corrected chi connectivity index (χ4v) is 2.40. The molecule has 1 saturated heterocycles. The fourth-order valence-electron chi connectivity index (χ4n) is 2.40. The molecule has 1 aromatic rings. The molecular formula is C16H17N3O6. The molecule has 1 fully saturated rings. The van der Waals surface area contributed by atoms with Crippen LogP contribution in [0.25, 0.3) is 6.08 Å². The lowest BCUT2D eigenvalue weighted by Crippen LogP contribution is -2.32. The summed E-state index contributed by atoms with van der Waals surface area (Å²) in [7, 11) is 1.24. The largest absolute Gasteiger partial charge is 0.504 e. The van der Waals surface area contributed by atoms with Gasteiger partial charge in [0, 0.05) is 24.8 Å². The summed E-state index contributed by atoms with van der Waals surface area (Å²) in [6.07, 6.45) is 2.74. The Kier molecular flexibility index (Phi) is 5.92. The zero-order chi connectivity index (χ0) is 18.4. The molecule has 0 radical (unpaired) electrons. The standard InChI is InChI=1S/C16H17N3O6/c1-24-14-7-12(19(22)23)6-10(15(14)20)5-11(8-17)16(21)18-9-13-3-2-4-25-13/h5-7,13,20H,2-4,9H2,1H3,(H,18,21). The summed E-state index contributed by atoms with van der Waals surface area (Å²) < 4.78 is 10.3. The SMILES string of the molecule is COc1cc([N+](=O)[O-])cc(C=C(C#N)C(=O)NCC2CCCO2)c1O. The van der Waals surface area contributed by atoms with Gasteiger partial charge in [0.05, 0.1) is 24.2 Å². The Morgan fingerprint density at radius 2 is 2.40 bits per heavy atom. The first-order valence-corrected chi connectivity index (χ1v) is 7.53. The number of nitrogens with one attached hydrogen (secondary N) is 1. The van der Waals surface area contributed by atoms with Crippen LogP contribution in [-0.4, -0.2) is 42.3 Å². The number of hydrogen-bond donors (Lipinski definition) is 2. The number of aromatic hydroxyl groups is 1. The minimum absolute atomic E-state index is 0.0603. The van der Waals surface area contributed by atoms with Gasteiger partial charge in [-0.25, -0.2) is 0 Å². The van der Waals surface area contributed by atoms with Gasteiger partial charge in [-0.1, -0.05) is 0 Å². The van der Waals surface area contributed by atoms with Gasteiger partial charge in [-0.05, 0) is 18.9 Å². The van der Waals surface area contributed by atoms with Gasteiger partial charge in [-0.15, -0.1) is 0 Å². The lowest BCUT2D eigenvalue weighted by molar-refractivity contribution is -0.385. The van der Waals surface area contributed by atoms with Crippen molar-refractivity contribution in [2.75, 3.05) is 20.3 Å². The second-order valence-corrected chi connectivity index (χ2v) is 5.36. The summed E-state index contributed by atoms with van der Waals surface area (Å²) >= 11 is 0. The molecule has 1 amide bonds. The van der Waals surface area contributed by atoms with Gasteiger partial charge < -0.3 is 19.9 Å². The first-order chi connectivity index (χ1) is 12.0. The molecule has 1 aliphatic heterocycles. The van der Waals surface area contributed by atoms with Gasteiger partial charge in [0.15, 0.2) is 11.5 Å². The van der Waals surface area contributed by atoms with Crippen molar-refractivity contribution in [3.8, 4) is 17.6 Å². The Morgan fingerprint density at radius 1 is 1.64 bits per heavy atom. The van der Waals surface area contributed by atoms with E-state index in [1.165, 1.54) is 7.11 Å². The molecule has 2 rings (SSSR count). The summed E-state index contributed by atoms with van der Waals surface area (Å²) in [5, 5.41) is 32.8. The van der Waals surface area contributed by atoms with E-state index >= 15 is 0 Å². The molecule has 132 valence electrons. The molecule has 0 aliphatic carbocycles. The highest BCUT2D eigenvalue weighted by molar-refractivity contribution is 6.02. The number of nitriles is 1. The molecule has 1 unspecified atom stereocenters. The number of nitro benzene ring substituents is 1. The molecule has 9 heteroatoms. The van der Waals surface area contributed by atoms with E-state index in [2.05, 4.69) is 5.32 Å². The van der Waals surface area contributed by atoms with Crippen LogP contribution in [0.5, 0.6) is 11.5 Å². The second-order valence-electron chi connectivity index (χ2n) is 5.36. The predicted molar refractivity (Wildman–Crippen MR) is 86.9 cm³/mol. The quantitative estimate of drug-likeness (QED) is 0.344. The highest BCUT2D eigenvalue weighted by atomic mass is 16.6. The van der Waals surface area contributed by atoms with E-state index in [0.29, 0.717) is 6.61 Å². The van der Waals surface area contributed by atoms with Crippen LogP contribution < -0.4 is 10.1 Å². The summed E-state index contributed by atoms with van der Waals surface area (Å²) in [6, 6.07) is 3.84. The van der Waals surface area contributed by atoms with E-state index in [9.17, 15) is 25.3 Å². The van der Waals surface area contributed by atoms with E-state index in [-0.39, 0.29) is 35.2 Å². The Labute approximate surface area is 143 Å². The number of methoxy groups -OCH3 is 1. The molecule has 25 heavy (non-hydrogen) atoms. The molecule has 0 bridgehead atoms. The molecule has 1 heterocycles. The number of nitro groups is 1. The van der Waals surface area contributed by atoms with Crippen LogP contribution in [-0.2, 0) is 9.53 Å². The average Bonchev–Trinajstić information content (AvgIpc) is 3.12. The van der Waals surface area contributed by atoms with Crippen molar-refractivity contribution in [1.29, 1.82) is 5.26 Å². The van der Waals surface area contributed by atoms with Gasteiger partial charge in [-0.3, -0.25) is 14.9 Å². The number of non-ortho nitro benzene ring substituents is 1. The van der Waals surface area contributed by atoms with Crippen molar-refractivity contribution in [3.05, 3.63) is 33.4 Å². The number of phenols is 1. The maximum absolute atomic E-state index is 12.1. The van der Waals surface area contributed by atoms with Crippen LogP contribution in [0.3, 0.4) is 0 Å². The molecule has 0 aromatic heterocycles. The van der Waals surface area contributed by atoms with E-state index in [0.717, 1.165) is 31.1 Å². The normalized spacial score (nSPS) is 17.0. The number of amides is 1. The zero-order valence-electron chi connectivity index (χ0n) is 13.5. The third-order valence-corrected chi connectivity index (χ3v) is 3.70. The van der Waals surface area contributed by atoms with Crippen molar-refractivity contribution in [3.63, 3.8) is 0 Å². The monoisotopic (exact) mass is 347 g/mol. The maximum atomic E-state index is 12.1. The first kappa shape index (κ1) is 18.2. The Balaban J connectivity index is 2.25. The lowest BCUT2D eigenvalue weighted by Gasteiger charge is -2.10. The number of carbonyl (C=O) groups is 1. The molecule has 1 atom stereocenters. The minimum Gasteiger partial charge on any atom is -0.504 e. The van der Waals surface area contributed by atoms with Crippen LogP contribution in [0.2, 0.25) is 0 Å². The number of rotatable bonds is 6. The van der Waals surface area contributed by atoms with Gasteiger partial charge in [0.1, 0.15) is 11.6 Å². The number of nitrogens with zero attached hydrogens (tertiary/aromatic N) is 2. The van der Waals surface area contributed by atoms with Crippen LogP contribution in [0.4, 0.5) is 5.69 Å². The summed E-state index contributed by atoms with van der Waals surface area (Å²) in [6.45, 7) is 0.908. The number of hydrogen-bond acceptors (Lipinski definition) is 7. The van der Waals surface area contributed by atoms with E-state index < -0.39 is 16.6 Å². The number of ether oxygens (including phenoxy) is 2. The molecule has 1 aliphatic rings. The third-order valence-electron chi connectivity index (χ3n) is 3.70. The number of carbonyl (C=O) groups excluding carboxylic acids is 1. The van der Waals surface area contributed by atoms with Gasteiger partial charge in [0.25, 0.3) is 11.6 Å². The average molecular weight is 347 g/mol. The van der Waals surface area contributed by atoms with Gasteiger partial charge in [-0.2, -0.15) is 5.26 Å². The Hall–Kier alpha value is -3.12. The van der Waals surface area contributed by atoms with E-state index in [1.54, 1.807) is 6.07 Å². The first-order valence-electron chi connectivity index (χ1n) is 7.53. The molecule has 0 spiro atoms. The highest BCUT2D eigenvalue weighted by Gasteiger charge is 2.20. The fraction of sp³-hybridized carbons (Fsp3) is 0.375. The zero-order valence-corrected chi connectivity index (χ0v) is 13.5. The van der Waals surface area contributed by atoms with Crippen LogP contribution in [0.1, 0.15) is 18.4 Å². The molecule has 0 saturated carbocycles. The van der Waals surface area contributed by atoms with E-state index in [1.807, 2.05) is 0 Å². The molecule has 2 N–H and O–H groups in total. The highest BCUT2D eigenvalue weighted by Crippen LogP contribution is 2.35. The molecule has 9 nitrogen and oxygen atoms in total.